The van der Waals surface area contributed by atoms with Crippen molar-refractivity contribution in [2.75, 3.05) is 25.6 Å². The monoisotopic (exact) mass is 406 g/mol. The van der Waals surface area contributed by atoms with Crippen LogP contribution in [0.1, 0.15) is 19.4 Å². The number of rotatable bonds is 9. The zero-order valence-corrected chi connectivity index (χ0v) is 16.6. The summed E-state index contributed by atoms with van der Waals surface area (Å²) in [5.41, 5.74) is 3.25. The molecule has 0 aliphatic heterocycles. The fraction of sp³-hybridized carbons (Fsp3) is 0.278. The van der Waals surface area contributed by atoms with E-state index in [4.69, 9.17) is 4.74 Å². The van der Waals surface area contributed by atoms with Crippen molar-refractivity contribution in [2.45, 2.75) is 18.7 Å². The van der Waals surface area contributed by atoms with Gasteiger partial charge in [0.15, 0.2) is 0 Å². The summed E-state index contributed by atoms with van der Waals surface area (Å²) in [6.45, 7) is 3.89. The molecule has 0 aromatic heterocycles. The van der Waals surface area contributed by atoms with Crippen LogP contribution in [0, 0.1) is 10.1 Å². The summed E-state index contributed by atoms with van der Waals surface area (Å²) in [6, 6.07) is 10.7. The highest BCUT2D eigenvalue weighted by Gasteiger charge is 2.27. The van der Waals surface area contributed by atoms with Crippen molar-refractivity contribution in [2.24, 2.45) is 5.10 Å². The maximum atomic E-state index is 12.9. The Balaban J connectivity index is 2.40. The molecule has 1 N–H and O–H groups in total. The van der Waals surface area contributed by atoms with Crippen LogP contribution >= 0.6 is 0 Å². The van der Waals surface area contributed by atoms with Gasteiger partial charge in [0.25, 0.3) is 5.69 Å². The Bertz CT molecular complexity index is 972. The van der Waals surface area contributed by atoms with Gasteiger partial charge in [0, 0.05) is 25.2 Å². The number of sulfonamides is 1. The molecule has 150 valence electrons. The average Bonchev–Trinajstić information content (AvgIpc) is 2.68. The van der Waals surface area contributed by atoms with Gasteiger partial charge in [0.1, 0.15) is 10.6 Å². The third-order valence-electron chi connectivity index (χ3n) is 3.99. The Labute approximate surface area is 163 Å². The summed E-state index contributed by atoms with van der Waals surface area (Å²) in [6.07, 6.45) is 1.50. The molecule has 0 heterocycles. The van der Waals surface area contributed by atoms with Gasteiger partial charge >= 0.3 is 0 Å². The molecule has 0 radical (unpaired) electrons. The molecule has 28 heavy (non-hydrogen) atoms. The van der Waals surface area contributed by atoms with Crippen molar-refractivity contribution in [3.8, 4) is 5.75 Å². The molecule has 9 nitrogen and oxygen atoms in total. The number of nitro groups is 1. The minimum atomic E-state index is -3.92. The van der Waals surface area contributed by atoms with Gasteiger partial charge in [-0.2, -0.15) is 9.41 Å². The van der Waals surface area contributed by atoms with E-state index in [-0.39, 0.29) is 29.4 Å². The van der Waals surface area contributed by atoms with Gasteiger partial charge in [-0.25, -0.2) is 8.42 Å². The van der Waals surface area contributed by atoms with E-state index in [9.17, 15) is 18.5 Å². The topological polar surface area (TPSA) is 114 Å². The number of hydrogen-bond donors (Lipinski definition) is 1. The van der Waals surface area contributed by atoms with Gasteiger partial charge in [0.2, 0.25) is 10.0 Å². The first-order valence-electron chi connectivity index (χ1n) is 8.55. The molecular weight excluding hydrogens is 384 g/mol. The van der Waals surface area contributed by atoms with Crippen molar-refractivity contribution in [3.63, 3.8) is 0 Å². The Hall–Kier alpha value is -2.98. The van der Waals surface area contributed by atoms with Crippen LogP contribution in [0.15, 0.2) is 52.5 Å². The van der Waals surface area contributed by atoms with Gasteiger partial charge < -0.3 is 4.74 Å². The molecule has 2 aromatic carbocycles. The lowest BCUT2D eigenvalue weighted by atomic mass is 10.2. The van der Waals surface area contributed by atoms with Crippen LogP contribution in [0.2, 0.25) is 0 Å². The maximum absolute atomic E-state index is 12.9. The summed E-state index contributed by atoms with van der Waals surface area (Å²) in [5, 5.41) is 15.2. The third-order valence-corrected chi connectivity index (χ3v) is 6.08. The van der Waals surface area contributed by atoms with Crippen LogP contribution < -0.4 is 10.2 Å². The van der Waals surface area contributed by atoms with E-state index in [1.807, 2.05) is 0 Å². The van der Waals surface area contributed by atoms with Gasteiger partial charge in [-0.3, -0.25) is 15.5 Å². The van der Waals surface area contributed by atoms with Gasteiger partial charge in [-0.1, -0.05) is 26.0 Å². The van der Waals surface area contributed by atoms with E-state index >= 15 is 0 Å². The molecule has 0 aliphatic carbocycles. The highest BCUT2D eigenvalue weighted by atomic mass is 32.2. The smallest absolute Gasteiger partial charge is 0.270 e. The van der Waals surface area contributed by atoms with Crippen LogP contribution in [0.5, 0.6) is 5.75 Å². The highest BCUT2D eigenvalue weighted by Crippen LogP contribution is 2.29. The Morgan fingerprint density at radius 1 is 1.21 bits per heavy atom. The SMILES string of the molecule is CCN(CC)S(=O)(=O)c1cc([N+](=O)[O-])ccc1N/N=C/c1cccc(OC)c1. The molecule has 0 aliphatic rings. The van der Waals surface area contributed by atoms with E-state index in [2.05, 4.69) is 10.5 Å². The lowest BCUT2D eigenvalue weighted by Crippen LogP contribution is -2.31. The average molecular weight is 406 g/mol. The van der Waals surface area contributed by atoms with Gasteiger partial charge in [-0.05, 0) is 23.8 Å². The van der Waals surface area contributed by atoms with E-state index in [1.165, 1.54) is 22.7 Å². The number of benzene rings is 2. The number of nitro benzene ring substituents is 1. The number of nitrogens with zero attached hydrogens (tertiary/aromatic N) is 3. The Morgan fingerprint density at radius 2 is 1.93 bits per heavy atom. The standard InChI is InChI=1S/C18H22N4O5S/c1-4-21(5-2)28(25,26)18-12-15(22(23)24)9-10-17(18)20-19-13-14-7-6-8-16(11-14)27-3/h6-13,20H,4-5H2,1-3H3/b19-13+. The van der Waals surface area contributed by atoms with Crippen LogP contribution in [0.4, 0.5) is 11.4 Å². The molecule has 0 bridgehead atoms. The van der Waals surface area contributed by atoms with Crippen LogP contribution in [0.25, 0.3) is 0 Å². The molecule has 10 heteroatoms. The second kappa shape index (κ2) is 9.29. The number of hydrazone groups is 1. The summed E-state index contributed by atoms with van der Waals surface area (Å²) in [5.74, 6) is 0.657. The first-order valence-corrected chi connectivity index (χ1v) is 9.99. The molecule has 0 saturated heterocycles. The molecule has 0 amide bonds. The van der Waals surface area contributed by atoms with E-state index in [0.717, 1.165) is 11.6 Å². The molecule has 0 fully saturated rings. The van der Waals surface area contributed by atoms with Crippen molar-refractivity contribution in [1.29, 1.82) is 0 Å². The number of hydrogen-bond acceptors (Lipinski definition) is 7. The molecule has 0 saturated carbocycles. The quantitative estimate of drug-likeness (QED) is 0.389. The van der Waals surface area contributed by atoms with Crippen molar-refractivity contribution in [3.05, 3.63) is 58.1 Å². The molecule has 0 atom stereocenters. The molecule has 0 unspecified atom stereocenters. The first-order chi connectivity index (χ1) is 13.3. The fourth-order valence-corrected chi connectivity index (χ4v) is 4.15. The Morgan fingerprint density at radius 3 is 2.54 bits per heavy atom. The van der Waals surface area contributed by atoms with Gasteiger partial charge in [0.05, 0.1) is 23.9 Å². The third kappa shape index (κ3) is 4.84. The zero-order valence-electron chi connectivity index (χ0n) is 15.8. The van der Waals surface area contributed by atoms with Crippen molar-refractivity contribution < 1.29 is 18.1 Å². The van der Waals surface area contributed by atoms with Crippen molar-refractivity contribution >= 4 is 27.6 Å². The van der Waals surface area contributed by atoms with Crippen LogP contribution in [-0.2, 0) is 10.0 Å². The van der Waals surface area contributed by atoms with Gasteiger partial charge in [-0.15, -0.1) is 0 Å². The molecule has 2 aromatic rings. The van der Waals surface area contributed by atoms with Crippen molar-refractivity contribution in [1.82, 2.24) is 4.31 Å². The largest absolute Gasteiger partial charge is 0.497 e. The predicted molar refractivity (Wildman–Crippen MR) is 107 cm³/mol. The van der Waals surface area contributed by atoms with E-state index in [1.54, 1.807) is 45.2 Å². The summed E-state index contributed by atoms with van der Waals surface area (Å²) < 4.78 is 32.2. The minimum absolute atomic E-state index is 0.150. The predicted octanol–water partition coefficient (Wildman–Crippen LogP) is 3.08. The normalized spacial score (nSPS) is 11.7. The highest BCUT2D eigenvalue weighted by molar-refractivity contribution is 7.89. The number of ether oxygens (including phenoxy) is 1. The molecular formula is C18H22N4O5S. The number of methoxy groups -OCH3 is 1. The second-order valence-corrected chi connectivity index (χ2v) is 7.58. The summed E-state index contributed by atoms with van der Waals surface area (Å²) >= 11 is 0. The van der Waals surface area contributed by atoms with Crippen LogP contribution in [-0.4, -0.2) is 44.1 Å². The summed E-state index contributed by atoms with van der Waals surface area (Å²) in [7, 11) is -2.37. The zero-order chi connectivity index (χ0) is 20.7. The van der Waals surface area contributed by atoms with E-state index in [0.29, 0.717) is 5.75 Å². The molecule has 0 spiro atoms. The maximum Gasteiger partial charge on any atom is 0.270 e. The lowest BCUT2D eigenvalue weighted by molar-refractivity contribution is -0.385. The van der Waals surface area contributed by atoms with Crippen LogP contribution in [0.3, 0.4) is 0 Å². The Kier molecular flexibility index (Phi) is 7.07. The minimum Gasteiger partial charge on any atom is -0.497 e. The molecule has 2 rings (SSSR count). The fourth-order valence-electron chi connectivity index (χ4n) is 2.53. The van der Waals surface area contributed by atoms with E-state index < -0.39 is 14.9 Å². The second-order valence-electron chi connectivity index (χ2n) is 5.67. The first kappa shape index (κ1) is 21.3. The summed E-state index contributed by atoms with van der Waals surface area (Å²) in [4.78, 5) is 10.3. The number of non-ortho nitro benzene ring substituents is 1. The number of nitrogens with one attached hydrogen (secondary N) is 1. The lowest BCUT2D eigenvalue weighted by Gasteiger charge is -2.20. The number of anilines is 1.